The average Bonchev–Trinajstić information content (AvgIpc) is 2.52. The molecule has 1 aromatic carbocycles. The lowest BCUT2D eigenvalue weighted by Crippen LogP contribution is -2.26. The van der Waals surface area contributed by atoms with E-state index in [9.17, 15) is 19.8 Å². The molecule has 1 heterocycles. The molecule has 1 aromatic heterocycles. The molecule has 23 heavy (non-hydrogen) atoms. The number of para-hydroxylation sites is 1. The zero-order chi connectivity index (χ0) is 17.0. The molecule has 1 amide bonds. The van der Waals surface area contributed by atoms with Crippen LogP contribution in [0.2, 0.25) is 0 Å². The number of hydrogen-bond donors (Lipinski definition) is 3. The first-order valence-electron chi connectivity index (χ1n) is 7.32. The van der Waals surface area contributed by atoms with Gasteiger partial charge in [0.15, 0.2) is 5.75 Å². The van der Waals surface area contributed by atoms with Gasteiger partial charge in [0.05, 0.1) is 12.2 Å². The second kappa shape index (κ2) is 7.00. The van der Waals surface area contributed by atoms with Gasteiger partial charge in [0, 0.05) is 25.2 Å². The Bertz CT molecular complexity index is 781. The summed E-state index contributed by atoms with van der Waals surface area (Å²) in [4.78, 5) is 23.5. The zero-order valence-corrected chi connectivity index (χ0v) is 13.2. The number of phenolic OH excluding ortho intramolecular Hbond substituents is 1. The van der Waals surface area contributed by atoms with Gasteiger partial charge in [-0.25, -0.2) is 0 Å². The molecule has 0 spiro atoms. The highest BCUT2D eigenvalue weighted by Gasteiger charge is 2.12. The van der Waals surface area contributed by atoms with Gasteiger partial charge < -0.3 is 20.1 Å². The van der Waals surface area contributed by atoms with Crippen LogP contribution in [-0.4, -0.2) is 20.7 Å². The molecule has 122 valence electrons. The Balaban J connectivity index is 1.98. The van der Waals surface area contributed by atoms with Crippen LogP contribution in [0.4, 0.5) is 0 Å². The van der Waals surface area contributed by atoms with E-state index in [1.54, 1.807) is 42.8 Å². The molecule has 2 rings (SSSR count). The Morgan fingerprint density at radius 3 is 2.65 bits per heavy atom. The van der Waals surface area contributed by atoms with E-state index in [1.165, 1.54) is 6.07 Å². The Morgan fingerprint density at radius 2 is 1.96 bits per heavy atom. The number of rotatable bonds is 5. The number of hydrogen-bond acceptors (Lipinski definition) is 4. The smallest absolute Gasteiger partial charge is 0.223 e. The van der Waals surface area contributed by atoms with E-state index in [0.717, 1.165) is 0 Å². The van der Waals surface area contributed by atoms with E-state index in [1.807, 2.05) is 0 Å². The van der Waals surface area contributed by atoms with Crippen LogP contribution in [0.15, 0.2) is 35.1 Å². The zero-order valence-electron chi connectivity index (χ0n) is 13.2. The van der Waals surface area contributed by atoms with Crippen molar-refractivity contribution in [3.8, 4) is 11.5 Å². The maximum atomic E-state index is 11.9. The Hall–Kier alpha value is -2.76. The Labute approximate surface area is 134 Å². The van der Waals surface area contributed by atoms with Crippen LogP contribution in [0.1, 0.15) is 23.4 Å². The second-order valence-corrected chi connectivity index (χ2v) is 5.41. The van der Waals surface area contributed by atoms with Gasteiger partial charge in [-0.1, -0.05) is 18.2 Å². The summed E-state index contributed by atoms with van der Waals surface area (Å²) in [5, 5.41) is 22.2. The highest BCUT2D eigenvalue weighted by molar-refractivity contribution is 5.76. The Kier molecular flexibility index (Phi) is 5.05. The number of aromatic hydroxyl groups is 2. The lowest BCUT2D eigenvalue weighted by atomic mass is 10.1. The lowest BCUT2D eigenvalue weighted by molar-refractivity contribution is -0.121. The van der Waals surface area contributed by atoms with Crippen LogP contribution >= 0.6 is 0 Å². The number of nitrogens with zero attached hydrogens (tertiary/aromatic N) is 1. The summed E-state index contributed by atoms with van der Waals surface area (Å²) in [6.07, 6.45) is 0.620. The van der Waals surface area contributed by atoms with Crippen molar-refractivity contribution in [1.82, 2.24) is 9.88 Å². The summed E-state index contributed by atoms with van der Waals surface area (Å²) in [5.41, 5.74) is 1.31. The van der Waals surface area contributed by atoms with Gasteiger partial charge >= 0.3 is 0 Å². The van der Waals surface area contributed by atoms with E-state index in [4.69, 9.17) is 0 Å². The molecule has 0 fully saturated rings. The van der Waals surface area contributed by atoms with Crippen molar-refractivity contribution in [2.75, 3.05) is 0 Å². The fourth-order valence-corrected chi connectivity index (χ4v) is 2.31. The highest BCUT2D eigenvalue weighted by atomic mass is 16.3. The predicted molar refractivity (Wildman–Crippen MR) is 86.4 cm³/mol. The highest BCUT2D eigenvalue weighted by Crippen LogP contribution is 2.17. The van der Waals surface area contributed by atoms with Crippen molar-refractivity contribution < 1.29 is 15.0 Å². The summed E-state index contributed by atoms with van der Waals surface area (Å²) in [7, 11) is 1.72. The molecule has 0 atom stereocenters. The van der Waals surface area contributed by atoms with Gasteiger partial charge in [-0.3, -0.25) is 9.59 Å². The van der Waals surface area contributed by atoms with E-state index in [-0.39, 0.29) is 30.4 Å². The standard InChI is InChI=1S/C17H20N2O4/c1-11-9-15(21)17(23)13(19(11)2)10-18-16(22)8-7-12-5-3-4-6-14(12)20/h3-6,9,20,23H,7-8,10H2,1-2H3,(H,18,22). The van der Waals surface area contributed by atoms with Gasteiger partial charge in [0.2, 0.25) is 11.3 Å². The van der Waals surface area contributed by atoms with Crippen molar-refractivity contribution in [2.45, 2.75) is 26.3 Å². The maximum Gasteiger partial charge on any atom is 0.223 e. The number of nitrogens with one attached hydrogen (secondary N) is 1. The molecule has 0 saturated heterocycles. The minimum absolute atomic E-state index is 0.0683. The number of aryl methyl sites for hydroxylation is 2. The minimum atomic E-state index is -0.459. The lowest BCUT2D eigenvalue weighted by Gasteiger charge is -2.14. The van der Waals surface area contributed by atoms with Crippen molar-refractivity contribution in [1.29, 1.82) is 0 Å². The molecule has 0 radical (unpaired) electrons. The summed E-state index contributed by atoms with van der Waals surface area (Å²) in [6, 6.07) is 8.21. The minimum Gasteiger partial charge on any atom is -0.508 e. The van der Waals surface area contributed by atoms with Gasteiger partial charge in [-0.2, -0.15) is 0 Å². The number of aromatic nitrogens is 1. The molecule has 0 aliphatic carbocycles. The fraction of sp³-hybridized carbons (Fsp3) is 0.294. The fourth-order valence-electron chi connectivity index (χ4n) is 2.31. The summed E-state index contributed by atoms with van der Waals surface area (Å²) >= 11 is 0. The largest absolute Gasteiger partial charge is 0.508 e. The third-order valence-corrected chi connectivity index (χ3v) is 3.85. The summed E-state index contributed by atoms with van der Waals surface area (Å²) in [5.74, 6) is -0.403. The van der Waals surface area contributed by atoms with Crippen molar-refractivity contribution >= 4 is 5.91 Å². The normalized spacial score (nSPS) is 10.5. The number of pyridine rings is 1. The van der Waals surface area contributed by atoms with Crippen LogP contribution in [-0.2, 0) is 24.8 Å². The molecule has 3 N–H and O–H groups in total. The van der Waals surface area contributed by atoms with Gasteiger partial charge in [0.25, 0.3) is 0 Å². The number of benzene rings is 1. The molecule has 0 aliphatic rings. The van der Waals surface area contributed by atoms with Crippen molar-refractivity contribution in [3.63, 3.8) is 0 Å². The van der Waals surface area contributed by atoms with Crippen LogP contribution in [0.5, 0.6) is 11.5 Å². The molecule has 0 unspecified atom stereocenters. The number of phenols is 1. The van der Waals surface area contributed by atoms with E-state index in [0.29, 0.717) is 23.4 Å². The molecule has 6 nitrogen and oxygen atoms in total. The molecule has 0 bridgehead atoms. The summed E-state index contributed by atoms with van der Waals surface area (Å²) < 4.78 is 1.67. The monoisotopic (exact) mass is 316 g/mol. The van der Waals surface area contributed by atoms with Gasteiger partial charge in [0.1, 0.15) is 5.75 Å². The van der Waals surface area contributed by atoms with Gasteiger partial charge in [-0.15, -0.1) is 0 Å². The average molecular weight is 316 g/mol. The molecule has 2 aromatic rings. The van der Waals surface area contributed by atoms with Crippen LogP contribution in [0.25, 0.3) is 0 Å². The molecular formula is C17H20N2O4. The first-order chi connectivity index (χ1) is 10.9. The SMILES string of the molecule is Cc1cc(=O)c(O)c(CNC(=O)CCc2ccccc2O)n1C. The third kappa shape index (κ3) is 3.91. The first-order valence-corrected chi connectivity index (χ1v) is 7.32. The second-order valence-electron chi connectivity index (χ2n) is 5.41. The third-order valence-electron chi connectivity index (χ3n) is 3.85. The number of carbonyl (C=O) groups is 1. The van der Waals surface area contributed by atoms with E-state index >= 15 is 0 Å². The van der Waals surface area contributed by atoms with Crippen LogP contribution in [0.3, 0.4) is 0 Å². The maximum absolute atomic E-state index is 11.9. The number of amides is 1. The topological polar surface area (TPSA) is 91.6 Å². The molecule has 0 aliphatic heterocycles. The van der Waals surface area contributed by atoms with Crippen molar-refractivity contribution in [3.05, 3.63) is 57.5 Å². The Morgan fingerprint density at radius 1 is 1.26 bits per heavy atom. The summed E-state index contributed by atoms with van der Waals surface area (Å²) in [6.45, 7) is 1.82. The molecular weight excluding hydrogens is 296 g/mol. The first kappa shape index (κ1) is 16.6. The van der Waals surface area contributed by atoms with E-state index in [2.05, 4.69) is 5.32 Å². The molecule has 0 saturated carbocycles. The number of carbonyl (C=O) groups excluding carboxylic acids is 1. The van der Waals surface area contributed by atoms with Crippen LogP contribution < -0.4 is 10.7 Å². The molecule has 6 heteroatoms. The van der Waals surface area contributed by atoms with Gasteiger partial charge in [-0.05, 0) is 25.0 Å². The predicted octanol–water partition coefficient (Wildman–Crippen LogP) is 1.35. The quantitative estimate of drug-likeness (QED) is 0.776. The van der Waals surface area contributed by atoms with Crippen molar-refractivity contribution in [2.24, 2.45) is 7.05 Å². The van der Waals surface area contributed by atoms with Crippen LogP contribution in [0, 0.1) is 6.92 Å². The van der Waals surface area contributed by atoms with E-state index < -0.39 is 5.43 Å².